The number of carbonyl (C=O) groups is 1. The predicted octanol–water partition coefficient (Wildman–Crippen LogP) is 3.54. The highest BCUT2D eigenvalue weighted by molar-refractivity contribution is 7.92. The van der Waals surface area contributed by atoms with Crippen LogP contribution in [0.25, 0.3) is 0 Å². The van der Waals surface area contributed by atoms with E-state index in [2.05, 4.69) is 4.72 Å². The Morgan fingerprint density at radius 3 is 2.52 bits per heavy atom. The highest BCUT2D eigenvalue weighted by Crippen LogP contribution is 2.26. The molecule has 0 fully saturated rings. The van der Waals surface area contributed by atoms with Crippen LogP contribution in [0.4, 0.5) is 10.1 Å². The van der Waals surface area contributed by atoms with Crippen LogP contribution < -0.4 is 4.72 Å². The minimum absolute atomic E-state index is 0.0879. The van der Waals surface area contributed by atoms with Crippen LogP contribution in [-0.2, 0) is 16.4 Å². The van der Waals surface area contributed by atoms with Crippen molar-refractivity contribution in [3.8, 4) is 0 Å². The number of aromatic carboxylic acids is 1. The Bertz CT molecular complexity index is 868. The molecule has 0 saturated carbocycles. The molecule has 0 bridgehead atoms. The van der Waals surface area contributed by atoms with E-state index in [4.69, 9.17) is 11.6 Å². The SMILES string of the molecule is CCc1ccc(NS(=O)(=O)c2ccc(F)cc2Cl)c(C(=O)O)c1. The van der Waals surface area contributed by atoms with Gasteiger partial charge in [0.25, 0.3) is 10.0 Å². The van der Waals surface area contributed by atoms with E-state index in [9.17, 15) is 22.7 Å². The van der Waals surface area contributed by atoms with Gasteiger partial charge in [-0.1, -0.05) is 24.6 Å². The van der Waals surface area contributed by atoms with E-state index >= 15 is 0 Å². The molecular weight excluding hydrogens is 345 g/mol. The number of nitrogens with one attached hydrogen (secondary N) is 1. The van der Waals surface area contributed by atoms with Crippen molar-refractivity contribution >= 4 is 33.3 Å². The van der Waals surface area contributed by atoms with E-state index in [1.807, 2.05) is 6.92 Å². The molecule has 0 aliphatic rings. The van der Waals surface area contributed by atoms with Crippen molar-refractivity contribution < 1.29 is 22.7 Å². The van der Waals surface area contributed by atoms with Gasteiger partial charge in [0.1, 0.15) is 10.7 Å². The summed E-state index contributed by atoms with van der Waals surface area (Å²) in [4.78, 5) is 11.0. The van der Waals surface area contributed by atoms with E-state index in [1.54, 1.807) is 6.07 Å². The Morgan fingerprint density at radius 1 is 1.26 bits per heavy atom. The lowest BCUT2D eigenvalue weighted by Crippen LogP contribution is -2.16. The van der Waals surface area contributed by atoms with Crippen molar-refractivity contribution in [1.82, 2.24) is 0 Å². The number of anilines is 1. The van der Waals surface area contributed by atoms with Gasteiger partial charge in [-0.2, -0.15) is 0 Å². The molecular formula is C15H13ClFNO4S. The zero-order valence-corrected chi connectivity index (χ0v) is 13.6. The molecule has 0 unspecified atom stereocenters. The summed E-state index contributed by atoms with van der Waals surface area (Å²) in [6, 6.07) is 7.23. The Balaban J connectivity index is 2.47. The number of hydrogen-bond acceptors (Lipinski definition) is 3. The molecule has 0 saturated heterocycles. The van der Waals surface area contributed by atoms with Crippen molar-refractivity contribution in [2.45, 2.75) is 18.2 Å². The summed E-state index contributed by atoms with van der Waals surface area (Å²) >= 11 is 5.75. The third kappa shape index (κ3) is 3.80. The van der Waals surface area contributed by atoms with Crippen LogP contribution in [0, 0.1) is 5.82 Å². The molecule has 2 rings (SSSR count). The monoisotopic (exact) mass is 357 g/mol. The first-order chi connectivity index (χ1) is 10.7. The standard InChI is InChI=1S/C15H13ClFNO4S/c1-2-9-3-5-13(11(7-9)15(19)20)18-23(21,22)14-6-4-10(17)8-12(14)16/h3-8,18H,2H2,1H3,(H,19,20). The zero-order chi connectivity index (χ0) is 17.2. The number of aryl methyl sites for hydroxylation is 1. The van der Waals surface area contributed by atoms with E-state index in [-0.39, 0.29) is 21.2 Å². The van der Waals surface area contributed by atoms with E-state index in [1.165, 1.54) is 12.1 Å². The van der Waals surface area contributed by atoms with Crippen molar-refractivity contribution in [1.29, 1.82) is 0 Å². The topological polar surface area (TPSA) is 83.5 Å². The molecule has 0 spiro atoms. The molecule has 0 radical (unpaired) electrons. The summed E-state index contributed by atoms with van der Waals surface area (Å²) in [6.07, 6.45) is 0.608. The highest BCUT2D eigenvalue weighted by atomic mass is 35.5. The average Bonchev–Trinajstić information content (AvgIpc) is 2.46. The number of halogens is 2. The van der Waals surface area contributed by atoms with Crippen LogP contribution in [0.3, 0.4) is 0 Å². The molecule has 0 heterocycles. The van der Waals surface area contributed by atoms with Crippen molar-refractivity contribution in [3.63, 3.8) is 0 Å². The van der Waals surface area contributed by atoms with E-state index in [0.29, 0.717) is 6.42 Å². The predicted molar refractivity (Wildman–Crippen MR) is 85.0 cm³/mol. The van der Waals surface area contributed by atoms with Crippen LogP contribution in [0.15, 0.2) is 41.3 Å². The molecule has 0 atom stereocenters. The van der Waals surface area contributed by atoms with E-state index < -0.39 is 21.8 Å². The first-order valence-corrected chi connectivity index (χ1v) is 8.45. The van der Waals surface area contributed by atoms with Crippen LogP contribution in [0.5, 0.6) is 0 Å². The van der Waals surface area contributed by atoms with Gasteiger partial charge in [0.2, 0.25) is 0 Å². The maximum Gasteiger partial charge on any atom is 0.337 e. The van der Waals surface area contributed by atoms with Gasteiger partial charge >= 0.3 is 5.97 Å². The van der Waals surface area contributed by atoms with Crippen molar-refractivity contribution in [3.05, 3.63) is 58.4 Å². The molecule has 2 aromatic rings. The lowest BCUT2D eigenvalue weighted by Gasteiger charge is -2.12. The Kier molecular flexibility index (Phi) is 4.91. The van der Waals surface area contributed by atoms with Crippen LogP contribution in [0.1, 0.15) is 22.8 Å². The quantitative estimate of drug-likeness (QED) is 0.857. The fourth-order valence-electron chi connectivity index (χ4n) is 1.97. The number of rotatable bonds is 5. The van der Waals surface area contributed by atoms with Gasteiger partial charge in [-0.05, 0) is 42.3 Å². The first-order valence-electron chi connectivity index (χ1n) is 6.58. The number of carboxylic acid groups (broad SMARTS) is 1. The van der Waals surface area contributed by atoms with Crippen molar-refractivity contribution in [2.75, 3.05) is 4.72 Å². The minimum atomic E-state index is -4.15. The summed E-state index contributed by atoms with van der Waals surface area (Å²) in [5.74, 6) is -1.93. The molecule has 8 heteroatoms. The lowest BCUT2D eigenvalue weighted by atomic mass is 10.1. The smallest absolute Gasteiger partial charge is 0.337 e. The molecule has 0 aromatic heterocycles. The lowest BCUT2D eigenvalue weighted by molar-refractivity contribution is 0.0698. The number of carboxylic acids is 1. The van der Waals surface area contributed by atoms with Crippen molar-refractivity contribution in [2.24, 2.45) is 0 Å². The van der Waals surface area contributed by atoms with Gasteiger partial charge in [-0.3, -0.25) is 4.72 Å². The highest BCUT2D eigenvalue weighted by Gasteiger charge is 2.21. The summed E-state index contributed by atoms with van der Waals surface area (Å²) in [5.41, 5.74) is 0.492. The first kappa shape index (κ1) is 17.2. The van der Waals surface area contributed by atoms with E-state index in [0.717, 1.165) is 23.8 Å². The van der Waals surface area contributed by atoms with Gasteiger partial charge < -0.3 is 5.11 Å². The molecule has 0 aliphatic heterocycles. The van der Waals surface area contributed by atoms with Gasteiger partial charge in [-0.15, -0.1) is 0 Å². The van der Waals surface area contributed by atoms with Crippen LogP contribution >= 0.6 is 11.6 Å². The second-order valence-corrected chi connectivity index (χ2v) is 6.78. The summed E-state index contributed by atoms with van der Waals surface area (Å²) < 4.78 is 39.9. The second-order valence-electron chi connectivity index (χ2n) is 4.72. The fourth-order valence-corrected chi connectivity index (χ4v) is 3.58. The zero-order valence-electron chi connectivity index (χ0n) is 12.0. The third-order valence-corrected chi connectivity index (χ3v) is 5.00. The summed E-state index contributed by atoms with van der Waals surface area (Å²) in [6.45, 7) is 1.85. The summed E-state index contributed by atoms with van der Waals surface area (Å²) in [7, 11) is -4.15. The molecule has 122 valence electrons. The molecule has 2 aromatic carbocycles. The number of hydrogen-bond donors (Lipinski definition) is 2. The van der Waals surface area contributed by atoms with Gasteiger partial charge in [-0.25, -0.2) is 17.6 Å². The average molecular weight is 358 g/mol. The third-order valence-electron chi connectivity index (χ3n) is 3.15. The molecule has 0 aliphatic carbocycles. The van der Waals surface area contributed by atoms with Gasteiger partial charge in [0.15, 0.2) is 0 Å². The van der Waals surface area contributed by atoms with Gasteiger partial charge in [0, 0.05) is 0 Å². The molecule has 2 N–H and O–H groups in total. The largest absolute Gasteiger partial charge is 0.478 e. The normalized spacial score (nSPS) is 11.3. The summed E-state index contributed by atoms with van der Waals surface area (Å²) in [5, 5.41) is 8.94. The maximum absolute atomic E-state index is 13.0. The Labute approximate surface area is 137 Å². The fraction of sp³-hybridized carbons (Fsp3) is 0.133. The Morgan fingerprint density at radius 2 is 1.96 bits per heavy atom. The maximum atomic E-state index is 13.0. The molecule has 5 nitrogen and oxygen atoms in total. The second kappa shape index (κ2) is 6.55. The van der Waals surface area contributed by atoms with Crippen LogP contribution in [-0.4, -0.2) is 19.5 Å². The van der Waals surface area contributed by atoms with Gasteiger partial charge in [0.05, 0.1) is 16.3 Å². The molecule has 0 amide bonds. The number of sulfonamides is 1. The number of benzene rings is 2. The van der Waals surface area contributed by atoms with Crippen LogP contribution in [0.2, 0.25) is 5.02 Å². The molecule has 23 heavy (non-hydrogen) atoms. The Hall–Kier alpha value is -2.12. The minimum Gasteiger partial charge on any atom is -0.478 e.